The van der Waals surface area contributed by atoms with Gasteiger partial charge in [0.25, 0.3) is 0 Å². The lowest BCUT2D eigenvalue weighted by atomic mass is 9.83. The van der Waals surface area contributed by atoms with Crippen LogP contribution in [0.4, 0.5) is 0 Å². The van der Waals surface area contributed by atoms with Gasteiger partial charge in [0.1, 0.15) is 12.3 Å². The van der Waals surface area contributed by atoms with Crippen LogP contribution in [-0.2, 0) is 6.54 Å². The highest BCUT2D eigenvalue weighted by Gasteiger charge is 2.31. The lowest BCUT2D eigenvalue weighted by Gasteiger charge is -2.28. The van der Waals surface area contributed by atoms with Gasteiger partial charge in [-0.05, 0) is 43.7 Å². The van der Waals surface area contributed by atoms with Gasteiger partial charge in [0.05, 0.1) is 6.26 Å². The number of guanidine groups is 1. The highest BCUT2D eigenvalue weighted by atomic mass is 127. The molecule has 21 heavy (non-hydrogen) atoms. The van der Waals surface area contributed by atoms with Crippen LogP contribution in [0.3, 0.4) is 0 Å². The van der Waals surface area contributed by atoms with Crippen molar-refractivity contribution >= 4 is 29.9 Å². The first kappa shape index (κ1) is 18.3. The standard InChI is InChI=1S/C16H27N3O.HI/c1-3-16(9-5-6-10-16)13-19-15(17-4-2)18-12-14-8-7-11-20-14;/h7-8,11H,3-6,9-10,12-13H2,1-2H3,(H2,17,18,19);1H. The Balaban J connectivity index is 0.00000220. The van der Waals surface area contributed by atoms with E-state index in [0.717, 1.165) is 24.8 Å². The fourth-order valence-corrected chi connectivity index (χ4v) is 2.95. The number of halogens is 1. The van der Waals surface area contributed by atoms with Gasteiger partial charge in [0.15, 0.2) is 5.96 Å². The molecule has 1 aromatic rings. The number of rotatable bonds is 6. The largest absolute Gasteiger partial charge is 0.467 e. The van der Waals surface area contributed by atoms with E-state index in [4.69, 9.17) is 4.42 Å². The van der Waals surface area contributed by atoms with Crippen LogP contribution in [0, 0.1) is 5.41 Å². The van der Waals surface area contributed by atoms with Gasteiger partial charge in [-0.25, -0.2) is 4.99 Å². The summed E-state index contributed by atoms with van der Waals surface area (Å²) in [6, 6.07) is 3.85. The summed E-state index contributed by atoms with van der Waals surface area (Å²) < 4.78 is 5.32. The summed E-state index contributed by atoms with van der Waals surface area (Å²) in [5.74, 6) is 1.79. The normalized spacial score (nSPS) is 17.3. The van der Waals surface area contributed by atoms with Gasteiger partial charge in [-0.1, -0.05) is 19.8 Å². The fourth-order valence-electron chi connectivity index (χ4n) is 2.95. The van der Waals surface area contributed by atoms with Crippen molar-refractivity contribution in [3.8, 4) is 0 Å². The van der Waals surface area contributed by atoms with E-state index in [1.54, 1.807) is 6.26 Å². The maximum absolute atomic E-state index is 5.32. The van der Waals surface area contributed by atoms with Crippen molar-refractivity contribution in [1.82, 2.24) is 10.6 Å². The smallest absolute Gasteiger partial charge is 0.191 e. The molecule has 120 valence electrons. The van der Waals surface area contributed by atoms with E-state index in [1.807, 2.05) is 12.1 Å². The minimum Gasteiger partial charge on any atom is -0.467 e. The van der Waals surface area contributed by atoms with E-state index < -0.39 is 0 Å². The first-order valence-electron chi connectivity index (χ1n) is 7.82. The molecule has 0 unspecified atom stereocenters. The van der Waals surface area contributed by atoms with Gasteiger partial charge in [0, 0.05) is 13.1 Å². The second kappa shape index (κ2) is 9.33. The van der Waals surface area contributed by atoms with Gasteiger partial charge >= 0.3 is 0 Å². The Morgan fingerprint density at radius 1 is 1.29 bits per heavy atom. The summed E-state index contributed by atoms with van der Waals surface area (Å²) in [6.07, 6.45) is 8.36. The van der Waals surface area contributed by atoms with Crippen LogP contribution in [0.15, 0.2) is 27.8 Å². The summed E-state index contributed by atoms with van der Waals surface area (Å²) >= 11 is 0. The molecule has 1 heterocycles. The maximum Gasteiger partial charge on any atom is 0.191 e. The highest BCUT2D eigenvalue weighted by molar-refractivity contribution is 14.0. The van der Waals surface area contributed by atoms with E-state index in [0.29, 0.717) is 12.0 Å². The van der Waals surface area contributed by atoms with E-state index in [9.17, 15) is 0 Å². The molecule has 2 rings (SSSR count). The molecule has 0 amide bonds. The maximum atomic E-state index is 5.32. The quantitative estimate of drug-likeness (QED) is 0.429. The molecule has 0 aromatic carbocycles. The van der Waals surface area contributed by atoms with Gasteiger partial charge < -0.3 is 15.1 Å². The van der Waals surface area contributed by atoms with E-state index in [1.165, 1.54) is 32.1 Å². The Morgan fingerprint density at radius 2 is 2.05 bits per heavy atom. The third-order valence-electron chi connectivity index (χ3n) is 4.36. The average molecular weight is 405 g/mol. The molecule has 1 aromatic heterocycles. The fraction of sp³-hybridized carbons (Fsp3) is 0.688. The Morgan fingerprint density at radius 3 is 2.62 bits per heavy atom. The monoisotopic (exact) mass is 405 g/mol. The summed E-state index contributed by atoms with van der Waals surface area (Å²) in [5, 5.41) is 6.82. The first-order valence-corrected chi connectivity index (χ1v) is 7.82. The van der Waals surface area contributed by atoms with Crippen LogP contribution in [0.25, 0.3) is 0 Å². The lowest BCUT2D eigenvalue weighted by Crippen LogP contribution is -2.42. The SMILES string of the molecule is CCNC(=NCc1ccco1)NCC1(CC)CCCC1.I. The average Bonchev–Trinajstić information content (AvgIpc) is 3.14. The molecule has 4 nitrogen and oxygen atoms in total. The molecule has 0 spiro atoms. The Labute approximate surface area is 145 Å². The number of aliphatic imine (C=N–C) groups is 1. The second-order valence-electron chi connectivity index (χ2n) is 5.69. The Hall–Kier alpha value is -0.720. The first-order chi connectivity index (χ1) is 9.78. The Bertz CT molecular complexity index is 411. The second-order valence-corrected chi connectivity index (χ2v) is 5.69. The van der Waals surface area contributed by atoms with Crippen molar-refractivity contribution in [1.29, 1.82) is 0 Å². The van der Waals surface area contributed by atoms with E-state index in [-0.39, 0.29) is 24.0 Å². The van der Waals surface area contributed by atoms with Crippen LogP contribution in [-0.4, -0.2) is 19.0 Å². The molecule has 0 atom stereocenters. The zero-order valence-corrected chi connectivity index (χ0v) is 15.5. The van der Waals surface area contributed by atoms with Crippen LogP contribution in [0.5, 0.6) is 0 Å². The van der Waals surface area contributed by atoms with Crippen molar-refractivity contribution in [3.63, 3.8) is 0 Å². The molecule has 2 N–H and O–H groups in total. The van der Waals surface area contributed by atoms with Gasteiger partial charge in [-0.2, -0.15) is 0 Å². The summed E-state index contributed by atoms with van der Waals surface area (Å²) in [5.41, 5.74) is 0.473. The van der Waals surface area contributed by atoms with Crippen molar-refractivity contribution < 1.29 is 4.42 Å². The third-order valence-corrected chi connectivity index (χ3v) is 4.36. The third kappa shape index (κ3) is 5.52. The molecule has 1 aliphatic rings. The number of nitrogens with zero attached hydrogens (tertiary/aromatic N) is 1. The van der Waals surface area contributed by atoms with E-state index >= 15 is 0 Å². The zero-order chi connectivity index (χ0) is 14.3. The summed E-state index contributed by atoms with van der Waals surface area (Å²) in [4.78, 5) is 4.58. The van der Waals surface area contributed by atoms with E-state index in [2.05, 4.69) is 29.5 Å². The molecular formula is C16H28IN3O. The van der Waals surface area contributed by atoms with Crippen molar-refractivity contribution in [3.05, 3.63) is 24.2 Å². The van der Waals surface area contributed by atoms with Crippen molar-refractivity contribution in [2.24, 2.45) is 10.4 Å². The zero-order valence-electron chi connectivity index (χ0n) is 13.2. The molecule has 0 saturated heterocycles. The molecule has 1 saturated carbocycles. The Kier molecular flexibility index (Phi) is 8.14. The minimum absolute atomic E-state index is 0. The van der Waals surface area contributed by atoms with Gasteiger partial charge in [0.2, 0.25) is 0 Å². The number of hydrogen-bond acceptors (Lipinski definition) is 2. The number of nitrogens with one attached hydrogen (secondary N) is 2. The molecule has 5 heteroatoms. The van der Waals surface area contributed by atoms with Crippen LogP contribution in [0.2, 0.25) is 0 Å². The lowest BCUT2D eigenvalue weighted by molar-refractivity contribution is 0.283. The summed E-state index contributed by atoms with van der Waals surface area (Å²) in [7, 11) is 0. The minimum atomic E-state index is 0. The van der Waals surface area contributed by atoms with Gasteiger partial charge in [-0.15, -0.1) is 24.0 Å². The highest BCUT2D eigenvalue weighted by Crippen LogP contribution is 2.40. The predicted octanol–water partition coefficient (Wildman–Crippen LogP) is 3.92. The molecule has 0 radical (unpaired) electrons. The van der Waals surface area contributed by atoms with Crippen molar-refractivity contribution in [2.75, 3.05) is 13.1 Å². The van der Waals surface area contributed by atoms with Crippen LogP contribution >= 0.6 is 24.0 Å². The number of hydrogen-bond donors (Lipinski definition) is 2. The molecule has 1 fully saturated rings. The van der Waals surface area contributed by atoms with Crippen molar-refractivity contribution in [2.45, 2.75) is 52.5 Å². The van der Waals surface area contributed by atoms with Gasteiger partial charge in [-0.3, -0.25) is 0 Å². The molecule has 1 aliphatic carbocycles. The number of furan rings is 1. The molecular weight excluding hydrogens is 377 g/mol. The van der Waals surface area contributed by atoms with Crippen LogP contribution in [0.1, 0.15) is 51.7 Å². The topological polar surface area (TPSA) is 49.6 Å². The predicted molar refractivity (Wildman–Crippen MR) is 98.1 cm³/mol. The van der Waals surface area contributed by atoms with Crippen LogP contribution < -0.4 is 10.6 Å². The molecule has 0 bridgehead atoms. The molecule has 0 aliphatic heterocycles. The summed E-state index contributed by atoms with van der Waals surface area (Å²) in [6.45, 7) is 6.88.